The third-order valence-electron chi connectivity index (χ3n) is 2.21. The highest BCUT2D eigenvalue weighted by atomic mass is 32.1. The highest BCUT2D eigenvalue weighted by Gasteiger charge is 2.10. The maximum Gasteiger partial charge on any atom is 0.224 e. The molecule has 0 aliphatic heterocycles. The summed E-state index contributed by atoms with van der Waals surface area (Å²) in [5, 5.41) is 0.781. The van der Waals surface area contributed by atoms with Gasteiger partial charge in [0.25, 0.3) is 0 Å². The Balaban J connectivity index is 2.36. The molecule has 0 saturated heterocycles. The number of nitrogens with zero attached hydrogens (tertiary/aromatic N) is 1. The first-order valence-corrected chi connectivity index (χ1v) is 5.78. The van der Waals surface area contributed by atoms with Crippen molar-refractivity contribution in [3.63, 3.8) is 0 Å². The fourth-order valence-corrected chi connectivity index (χ4v) is 2.50. The van der Waals surface area contributed by atoms with Gasteiger partial charge in [-0.3, -0.25) is 4.79 Å². The van der Waals surface area contributed by atoms with E-state index in [9.17, 15) is 4.79 Å². The molecule has 1 amide bonds. The van der Waals surface area contributed by atoms with E-state index in [0.29, 0.717) is 0 Å². The number of benzene rings is 1. The van der Waals surface area contributed by atoms with Gasteiger partial charge in [0, 0.05) is 10.4 Å². The fourth-order valence-electron chi connectivity index (χ4n) is 1.54. The highest BCUT2D eigenvalue weighted by molar-refractivity contribution is 7.12. The van der Waals surface area contributed by atoms with Gasteiger partial charge in [-0.2, -0.15) is 0 Å². The Hall–Kier alpha value is -1.68. The minimum absolute atomic E-state index is 0.221. The Morgan fingerprint density at radius 1 is 1.38 bits per heavy atom. The van der Waals surface area contributed by atoms with Crippen LogP contribution in [0, 0.1) is 6.92 Å². The van der Waals surface area contributed by atoms with Crippen molar-refractivity contribution < 1.29 is 4.79 Å². The third kappa shape index (κ3) is 2.28. The first-order valence-electron chi connectivity index (χ1n) is 4.97. The Kier molecular flexibility index (Phi) is 3.01. The van der Waals surface area contributed by atoms with Crippen LogP contribution in [0.5, 0.6) is 0 Å². The lowest BCUT2D eigenvalue weighted by molar-refractivity contribution is -0.117. The molecule has 82 valence electrons. The zero-order valence-electron chi connectivity index (χ0n) is 8.93. The Bertz CT molecular complexity index is 505. The van der Waals surface area contributed by atoms with Crippen molar-refractivity contribution in [2.24, 2.45) is 5.73 Å². The first kappa shape index (κ1) is 10.8. The van der Waals surface area contributed by atoms with E-state index >= 15 is 0 Å². The van der Waals surface area contributed by atoms with Gasteiger partial charge < -0.3 is 5.73 Å². The molecule has 0 spiro atoms. The van der Waals surface area contributed by atoms with Crippen LogP contribution in [-0.4, -0.2) is 10.9 Å². The van der Waals surface area contributed by atoms with E-state index < -0.39 is 0 Å². The summed E-state index contributed by atoms with van der Waals surface area (Å²) in [6.45, 7) is 2.00. The lowest BCUT2D eigenvalue weighted by atomic mass is 10.1. The van der Waals surface area contributed by atoms with E-state index in [1.54, 1.807) is 0 Å². The van der Waals surface area contributed by atoms with Gasteiger partial charge in [0.05, 0.1) is 12.1 Å². The number of carbonyl (C=O) groups excluding carboxylic acids is 1. The summed E-state index contributed by atoms with van der Waals surface area (Å²) in [6.07, 6.45) is 0.221. The van der Waals surface area contributed by atoms with Crippen LogP contribution in [0.15, 0.2) is 30.3 Å². The number of hydrogen-bond acceptors (Lipinski definition) is 3. The molecule has 0 fully saturated rings. The summed E-state index contributed by atoms with van der Waals surface area (Å²) in [5.41, 5.74) is 7.17. The molecule has 4 heteroatoms. The lowest BCUT2D eigenvalue weighted by Gasteiger charge is -1.96. The van der Waals surface area contributed by atoms with Crippen molar-refractivity contribution >= 4 is 17.2 Å². The minimum Gasteiger partial charge on any atom is -0.369 e. The van der Waals surface area contributed by atoms with E-state index in [4.69, 9.17) is 5.73 Å². The van der Waals surface area contributed by atoms with Crippen LogP contribution in [0.25, 0.3) is 11.3 Å². The largest absolute Gasteiger partial charge is 0.369 e. The maximum absolute atomic E-state index is 10.8. The number of aromatic nitrogens is 1. The topological polar surface area (TPSA) is 56.0 Å². The molecular formula is C12H12N2OS. The van der Waals surface area contributed by atoms with Crippen molar-refractivity contribution in [3.05, 3.63) is 40.2 Å². The van der Waals surface area contributed by atoms with Crippen molar-refractivity contribution in [1.29, 1.82) is 0 Å². The van der Waals surface area contributed by atoms with E-state index in [0.717, 1.165) is 21.1 Å². The van der Waals surface area contributed by atoms with Crippen molar-refractivity contribution in [2.45, 2.75) is 13.3 Å². The molecule has 0 aliphatic rings. The van der Waals surface area contributed by atoms with Crippen molar-refractivity contribution in [2.75, 3.05) is 0 Å². The van der Waals surface area contributed by atoms with Gasteiger partial charge in [-0.1, -0.05) is 30.3 Å². The quantitative estimate of drug-likeness (QED) is 0.881. The number of amides is 1. The minimum atomic E-state index is -0.339. The van der Waals surface area contributed by atoms with Crippen LogP contribution < -0.4 is 5.73 Å². The molecular weight excluding hydrogens is 220 g/mol. The van der Waals surface area contributed by atoms with E-state index in [1.165, 1.54) is 11.3 Å². The number of rotatable bonds is 3. The van der Waals surface area contributed by atoms with Gasteiger partial charge in [-0.05, 0) is 6.92 Å². The number of carbonyl (C=O) groups is 1. The standard InChI is InChI=1S/C12H12N2OS/c1-8-12(9-5-3-2-4-6-9)14-11(16-8)7-10(13)15/h2-6H,7H2,1H3,(H2,13,15). The zero-order valence-corrected chi connectivity index (χ0v) is 9.75. The average molecular weight is 232 g/mol. The monoisotopic (exact) mass is 232 g/mol. The second kappa shape index (κ2) is 4.45. The van der Waals surface area contributed by atoms with Crippen LogP contribution in [0.1, 0.15) is 9.88 Å². The molecule has 1 aromatic carbocycles. The molecule has 16 heavy (non-hydrogen) atoms. The number of aryl methyl sites for hydroxylation is 1. The van der Waals surface area contributed by atoms with Crippen LogP contribution >= 0.6 is 11.3 Å². The van der Waals surface area contributed by atoms with Gasteiger partial charge >= 0.3 is 0 Å². The van der Waals surface area contributed by atoms with Gasteiger partial charge in [-0.15, -0.1) is 11.3 Å². The Labute approximate surface area is 97.9 Å². The van der Waals surface area contributed by atoms with E-state index in [1.807, 2.05) is 37.3 Å². The average Bonchev–Trinajstić information content (AvgIpc) is 2.60. The summed E-state index contributed by atoms with van der Waals surface area (Å²) in [5.74, 6) is -0.339. The summed E-state index contributed by atoms with van der Waals surface area (Å²) in [6, 6.07) is 9.94. The molecule has 3 nitrogen and oxygen atoms in total. The van der Waals surface area contributed by atoms with E-state index in [2.05, 4.69) is 4.98 Å². The molecule has 1 heterocycles. The highest BCUT2D eigenvalue weighted by Crippen LogP contribution is 2.27. The smallest absolute Gasteiger partial charge is 0.224 e. The molecule has 0 bridgehead atoms. The molecule has 2 N–H and O–H groups in total. The Morgan fingerprint density at radius 3 is 2.69 bits per heavy atom. The zero-order chi connectivity index (χ0) is 11.5. The van der Waals surface area contributed by atoms with Crippen LogP contribution in [-0.2, 0) is 11.2 Å². The van der Waals surface area contributed by atoms with Gasteiger partial charge in [0.2, 0.25) is 5.91 Å². The van der Waals surface area contributed by atoms with Crippen LogP contribution in [0.4, 0.5) is 0 Å². The maximum atomic E-state index is 10.8. The lowest BCUT2D eigenvalue weighted by Crippen LogP contribution is -2.13. The number of primary amides is 1. The number of nitrogens with two attached hydrogens (primary N) is 1. The van der Waals surface area contributed by atoms with Gasteiger partial charge in [-0.25, -0.2) is 4.98 Å². The second-order valence-corrected chi connectivity index (χ2v) is 4.81. The fraction of sp³-hybridized carbons (Fsp3) is 0.167. The molecule has 1 aromatic heterocycles. The summed E-state index contributed by atoms with van der Waals surface area (Å²) >= 11 is 1.53. The van der Waals surface area contributed by atoms with Crippen molar-refractivity contribution in [1.82, 2.24) is 4.98 Å². The summed E-state index contributed by atoms with van der Waals surface area (Å²) < 4.78 is 0. The summed E-state index contributed by atoms with van der Waals surface area (Å²) in [7, 11) is 0. The second-order valence-electron chi connectivity index (χ2n) is 3.52. The molecule has 0 unspecified atom stereocenters. The Morgan fingerprint density at radius 2 is 2.06 bits per heavy atom. The van der Waals surface area contributed by atoms with Crippen LogP contribution in [0.2, 0.25) is 0 Å². The number of thiazole rings is 1. The van der Waals surface area contributed by atoms with Gasteiger partial charge in [0.15, 0.2) is 0 Å². The SMILES string of the molecule is Cc1sc(CC(N)=O)nc1-c1ccccc1. The van der Waals surface area contributed by atoms with E-state index in [-0.39, 0.29) is 12.3 Å². The van der Waals surface area contributed by atoms with Gasteiger partial charge in [0.1, 0.15) is 5.01 Å². The first-order chi connectivity index (χ1) is 7.66. The molecule has 0 aliphatic carbocycles. The van der Waals surface area contributed by atoms with Crippen molar-refractivity contribution in [3.8, 4) is 11.3 Å². The number of hydrogen-bond donors (Lipinski definition) is 1. The molecule has 0 atom stereocenters. The predicted molar refractivity (Wildman–Crippen MR) is 65.2 cm³/mol. The summed E-state index contributed by atoms with van der Waals surface area (Å²) in [4.78, 5) is 16.4. The predicted octanol–water partition coefficient (Wildman–Crippen LogP) is 2.15. The molecule has 0 saturated carbocycles. The molecule has 2 rings (SSSR count). The molecule has 0 radical (unpaired) electrons. The third-order valence-corrected chi connectivity index (χ3v) is 3.18. The normalized spacial score (nSPS) is 10.3. The molecule has 2 aromatic rings. The van der Waals surface area contributed by atoms with Crippen LogP contribution in [0.3, 0.4) is 0 Å².